The number of hydrogen-bond donors (Lipinski definition) is 2. The lowest BCUT2D eigenvalue weighted by molar-refractivity contribution is 0.313. The standard InChI is InChI=1S/C15H20N4O/c1-18-10-11(9-16)8-14(18)12-4-2-3-5-13(12)19-7-6-17-15(19)20/h2-7,11,14H,8-10,16H2,1H3,(H,17,20). The van der Waals surface area contributed by atoms with Crippen LogP contribution in [0.4, 0.5) is 0 Å². The van der Waals surface area contributed by atoms with Crippen molar-refractivity contribution in [1.29, 1.82) is 0 Å². The zero-order chi connectivity index (χ0) is 14.1. The third-order valence-corrected chi connectivity index (χ3v) is 4.17. The van der Waals surface area contributed by atoms with Crippen molar-refractivity contribution in [2.75, 3.05) is 20.1 Å². The maximum Gasteiger partial charge on any atom is 0.330 e. The summed E-state index contributed by atoms with van der Waals surface area (Å²) in [6.07, 6.45) is 4.49. The van der Waals surface area contributed by atoms with Crippen molar-refractivity contribution in [2.24, 2.45) is 11.7 Å². The minimum absolute atomic E-state index is 0.103. The molecule has 2 unspecified atom stereocenters. The Morgan fingerprint density at radius 1 is 1.40 bits per heavy atom. The predicted octanol–water partition coefficient (Wildman–Crippen LogP) is 1.12. The summed E-state index contributed by atoms with van der Waals surface area (Å²) >= 11 is 0. The average Bonchev–Trinajstić information content (AvgIpc) is 3.04. The summed E-state index contributed by atoms with van der Waals surface area (Å²) in [5.74, 6) is 0.529. The van der Waals surface area contributed by atoms with Crippen LogP contribution in [0.1, 0.15) is 18.0 Å². The molecule has 0 aliphatic carbocycles. The number of H-pyrrole nitrogens is 1. The number of nitrogens with zero attached hydrogens (tertiary/aromatic N) is 2. The molecule has 0 amide bonds. The smallest absolute Gasteiger partial charge is 0.330 e. The molecule has 1 aromatic carbocycles. The Morgan fingerprint density at radius 2 is 2.20 bits per heavy atom. The van der Waals surface area contributed by atoms with Gasteiger partial charge in [-0.05, 0) is 37.6 Å². The molecule has 0 radical (unpaired) electrons. The maximum absolute atomic E-state index is 11.9. The SMILES string of the molecule is CN1CC(CN)CC1c1ccccc1-n1cc[nH]c1=O. The van der Waals surface area contributed by atoms with Gasteiger partial charge in [0.05, 0.1) is 5.69 Å². The number of rotatable bonds is 3. The maximum atomic E-state index is 11.9. The number of aromatic nitrogens is 2. The molecule has 0 spiro atoms. The summed E-state index contributed by atoms with van der Waals surface area (Å²) in [4.78, 5) is 16.9. The Balaban J connectivity index is 2.03. The van der Waals surface area contributed by atoms with Gasteiger partial charge in [-0.1, -0.05) is 18.2 Å². The van der Waals surface area contributed by atoms with E-state index in [-0.39, 0.29) is 5.69 Å². The van der Waals surface area contributed by atoms with Gasteiger partial charge in [-0.15, -0.1) is 0 Å². The fraction of sp³-hybridized carbons (Fsp3) is 0.400. The lowest BCUT2D eigenvalue weighted by Crippen LogP contribution is -2.22. The molecule has 1 aliphatic rings. The minimum Gasteiger partial charge on any atom is -0.330 e. The third-order valence-electron chi connectivity index (χ3n) is 4.17. The molecule has 5 heteroatoms. The predicted molar refractivity (Wildman–Crippen MR) is 78.9 cm³/mol. The number of benzene rings is 1. The van der Waals surface area contributed by atoms with Crippen molar-refractivity contribution < 1.29 is 0 Å². The van der Waals surface area contributed by atoms with E-state index in [4.69, 9.17) is 5.73 Å². The van der Waals surface area contributed by atoms with Gasteiger partial charge in [0.2, 0.25) is 0 Å². The lowest BCUT2D eigenvalue weighted by Gasteiger charge is -2.22. The molecular weight excluding hydrogens is 252 g/mol. The first kappa shape index (κ1) is 13.1. The zero-order valence-corrected chi connectivity index (χ0v) is 11.6. The number of hydrogen-bond acceptors (Lipinski definition) is 3. The van der Waals surface area contributed by atoms with E-state index in [0.29, 0.717) is 18.5 Å². The second-order valence-electron chi connectivity index (χ2n) is 5.49. The third kappa shape index (κ3) is 2.19. The summed E-state index contributed by atoms with van der Waals surface area (Å²) < 4.78 is 1.67. The van der Waals surface area contributed by atoms with Crippen molar-refractivity contribution in [3.8, 4) is 5.69 Å². The summed E-state index contributed by atoms with van der Waals surface area (Å²) in [7, 11) is 2.12. The molecule has 20 heavy (non-hydrogen) atoms. The van der Waals surface area contributed by atoms with Crippen molar-refractivity contribution >= 4 is 0 Å². The monoisotopic (exact) mass is 272 g/mol. The van der Waals surface area contributed by atoms with E-state index in [0.717, 1.165) is 18.7 Å². The van der Waals surface area contributed by atoms with Crippen LogP contribution in [0.3, 0.4) is 0 Å². The molecule has 106 valence electrons. The number of nitrogens with one attached hydrogen (secondary N) is 1. The fourth-order valence-electron chi connectivity index (χ4n) is 3.14. The van der Waals surface area contributed by atoms with Crippen LogP contribution in [0.2, 0.25) is 0 Å². The summed E-state index contributed by atoms with van der Waals surface area (Å²) in [6.45, 7) is 1.73. The Morgan fingerprint density at radius 3 is 2.85 bits per heavy atom. The van der Waals surface area contributed by atoms with Gasteiger partial charge in [-0.2, -0.15) is 0 Å². The van der Waals surface area contributed by atoms with Crippen LogP contribution in [0.15, 0.2) is 41.5 Å². The summed E-state index contributed by atoms with van der Waals surface area (Å²) in [6, 6.07) is 8.41. The van der Waals surface area contributed by atoms with Gasteiger partial charge in [0, 0.05) is 25.0 Å². The highest BCUT2D eigenvalue weighted by Gasteiger charge is 2.31. The number of para-hydroxylation sites is 1. The first-order chi connectivity index (χ1) is 9.70. The highest BCUT2D eigenvalue weighted by Crippen LogP contribution is 2.36. The topological polar surface area (TPSA) is 67.0 Å². The minimum atomic E-state index is -0.103. The van der Waals surface area contributed by atoms with Crippen LogP contribution in [-0.2, 0) is 0 Å². The summed E-state index contributed by atoms with van der Waals surface area (Å²) in [5.41, 5.74) is 7.84. The average molecular weight is 272 g/mol. The highest BCUT2D eigenvalue weighted by molar-refractivity contribution is 5.43. The van der Waals surface area contributed by atoms with E-state index in [1.54, 1.807) is 17.0 Å². The number of nitrogens with two attached hydrogens (primary N) is 1. The molecule has 0 bridgehead atoms. The second-order valence-corrected chi connectivity index (χ2v) is 5.49. The van der Waals surface area contributed by atoms with Gasteiger partial charge in [-0.25, -0.2) is 4.79 Å². The zero-order valence-electron chi connectivity index (χ0n) is 11.6. The second kappa shape index (κ2) is 5.26. The molecule has 0 saturated carbocycles. The summed E-state index contributed by atoms with van der Waals surface area (Å²) in [5, 5.41) is 0. The van der Waals surface area contributed by atoms with Crippen molar-refractivity contribution in [2.45, 2.75) is 12.5 Å². The Hall–Kier alpha value is -1.85. The van der Waals surface area contributed by atoms with Crippen LogP contribution in [0.5, 0.6) is 0 Å². The first-order valence-electron chi connectivity index (χ1n) is 6.96. The molecule has 1 aromatic heterocycles. The van der Waals surface area contributed by atoms with Gasteiger partial charge < -0.3 is 10.7 Å². The van der Waals surface area contributed by atoms with E-state index >= 15 is 0 Å². The Labute approximate surface area is 118 Å². The lowest BCUT2D eigenvalue weighted by atomic mass is 9.98. The molecule has 1 fully saturated rings. The van der Waals surface area contributed by atoms with E-state index in [1.807, 2.05) is 18.2 Å². The van der Waals surface area contributed by atoms with Gasteiger partial charge in [0.15, 0.2) is 0 Å². The van der Waals surface area contributed by atoms with Gasteiger partial charge in [0.1, 0.15) is 0 Å². The van der Waals surface area contributed by atoms with Crippen LogP contribution in [-0.4, -0.2) is 34.6 Å². The quantitative estimate of drug-likeness (QED) is 0.880. The number of imidazole rings is 1. The van der Waals surface area contributed by atoms with Crippen molar-refractivity contribution in [3.63, 3.8) is 0 Å². The van der Waals surface area contributed by atoms with Crippen LogP contribution < -0.4 is 11.4 Å². The molecule has 3 rings (SSSR count). The van der Waals surface area contributed by atoms with Gasteiger partial charge >= 0.3 is 5.69 Å². The van der Waals surface area contributed by atoms with E-state index < -0.39 is 0 Å². The number of aromatic amines is 1. The van der Waals surface area contributed by atoms with Gasteiger partial charge in [0.25, 0.3) is 0 Å². The molecule has 3 N–H and O–H groups in total. The first-order valence-corrected chi connectivity index (χ1v) is 6.96. The fourth-order valence-corrected chi connectivity index (χ4v) is 3.14. The van der Waals surface area contributed by atoms with Gasteiger partial charge in [-0.3, -0.25) is 9.47 Å². The van der Waals surface area contributed by atoms with Crippen LogP contribution in [0, 0.1) is 5.92 Å². The van der Waals surface area contributed by atoms with Crippen LogP contribution in [0.25, 0.3) is 5.69 Å². The molecule has 5 nitrogen and oxygen atoms in total. The Bertz CT molecular complexity index is 645. The van der Waals surface area contributed by atoms with E-state index in [2.05, 4.69) is 23.0 Å². The largest absolute Gasteiger partial charge is 0.330 e. The molecule has 1 saturated heterocycles. The number of likely N-dealkylation sites (tertiary alicyclic amines) is 1. The Kier molecular flexibility index (Phi) is 3.46. The molecular formula is C15H20N4O. The molecule has 2 atom stereocenters. The molecule has 2 heterocycles. The highest BCUT2D eigenvalue weighted by atomic mass is 16.1. The molecule has 2 aromatic rings. The van der Waals surface area contributed by atoms with Crippen LogP contribution >= 0.6 is 0 Å². The normalized spacial score (nSPS) is 23.3. The van der Waals surface area contributed by atoms with E-state index in [9.17, 15) is 4.79 Å². The van der Waals surface area contributed by atoms with E-state index in [1.165, 1.54) is 5.56 Å². The van der Waals surface area contributed by atoms with Crippen molar-refractivity contribution in [1.82, 2.24) is 14.5 Å². The van der Waals surface area contributed by atoms with Crippen molar-refractivity contribution in [3.05, 3.63) is 52.7 Å². The molecule has 1 aliphatic heterocycles.